The van der Waals surface area contributed by atoms with Gasteiger partial charge >= 0.3 is 11.7 Å². The summed E-state index contributed by atoms with van der Waals surface area (Å²) in [5.41, 5.74) is 12.1. The van der Waals surface area contributed by atoms with E-state index in [1.165, 1.54) is 25.4 Å². The van der Waals surface area contributed by atoms with Crippen molar-refractivity contribution in [2.24, 2.45) is 5.73 Å². The highest BCUT2D eigenvalue weighted by molar-refractivity contribution is 5.94. The van der Waals surface area contributed by atoms with Crippen LogP contribution in [0.2, 0.25) is 0 Å². The minimum atomic E-state index is -0.608. The number of nitrogens with two attached hydrogens (primary N) is 2. The number of nitrogens with zero attached hydrogens (tertiary/aromatic N) is 2. The lowest BCUT2D eigenvalue weighted by atomic mass is 9.97. The maximum absolute atomic E-state index is 11.8. The van der Waals surface area contributed by atoms with E-state index in [4.69, 9.17) is 16.2 Å². The van der Waals surface area contributed by atoms with Crippen LogP contribution in [0.5, 0.6) is 0 Å². The quantitative estimate of drug-likeness (QED) is 0.496. The van der Waals surface area contributed by atoms with Crippen LogP contribution in [0.1, 0.15) is 15.9 Å². The molecular formula is C14H14N4O4. The second-order valence-electron chi connectivity index (χ2n) is 4.38. The molecule has 4 N–H and O–H groups in total. The molecule has 2 aromatic rings. The van der Waals surface area contributed by atoms with Gasteiger partial charge in [-0.25, -0.2) is 9.78 Å². The molecule has 0 aliphatic heterocycles. The van der Waals surface area contributed by atoms with Gasteiger partial charge in [-0.1, -0.05) is 12.1 Å². The highest BCUT2D eigenvalue weighted by Gasteiger charge is 2.24. The number of methoxy groups -OCH3 is 1. The zero-order valence-electron chi connectivity index (χ0n) is 11.8. The van der Waals surface area contributed by atoms with Gasteiger partial charge in [-0.05, 0) is 17.7 Å². The van der Waals surface area contributed by atoms with Gasteiger partial charge in [0.1, 0.15) is 5.69 Å². The van der Waals surface area contributed by atoms with Crippen LogP contribution in [0.25, 0.3) is 11.3 Å². The topological polar surface area (TPSA) is 134 Å². The standard InChI is InChI=1S/C14H14N4O4/c1-22-14(19)9-4-2-3-8(10(9)7-15)12-13(18(20)21)11(16)5-6-17-12/h2-6H,7,15H2,1H3,(H2,16,17). The molecule has 0 amide bonds. The Morgan fingerprint density at radius 1 is 1.41 bits per heavy atom. The zero-order valence-corrected chi connectivity index (χ0v) is 11.8. The van der Waals surface area contributed by atoms with Crippen molar-refractivity contribution in [2.75, 3.05) is 12.8 Å². The van der Waals surface area contributed by atoms with E-state index in [9.17, 15) is 14.9 Å². The second-order valence-corrected chi connectivity index (χ2v) is 4.38. The van der Waals surface area contributed by atoms with Crippen LogP contribution < -0.4 is 11.5 Å². The van der Waals surface area contributed by atoms with Crippen molar-refractivity contribution < 1.29 is 14.5 Å². The van der Waals surface area contributed by atoms with Gasteiger partial charge in [0.25, 0.3) is 0 Å². The van der Waals surface area contributed by atoms with Crippen LogP contribution in [-0.2, 0) is 11.3 Å². The number of hydrogen-bond donors (Lipinski definition) is 2. The molecule has 0 saturated carbocycles. The zero-order chi connectivity index (χ0) is 16.3. The molecule has 0 aliphatic rings. The smallest absolute Gasteiger partial charge is 0.338 e. The molecule has 0 unspecified atom stereocenters. The lowest BCUT2D eigenvalue weighted by Crippen LogP contribution is -2.11. The molecule has 114 valence electrons. The lowest BCUT2D eigenvalue weighted by Gasteiger charge is -2.12. The van der Waals surface area contributed by atoms with E-state index in [-0.39, 0.29) is 29.2 Å². The maximum Gasteiger partial charge on any atom is 0.338 e. The van der Waals surface area contributed by atoms with Gasteiger partial charge in [0.05, 0.1) is 17.6 Å². The fourth-order valence-corrected chi connectivity index (χ4v) is 2.19. The Kier molecular flexibility index (Phi) is 4.33. The molecule has 8 nitrogen and oxygen atoms in total. The van der Waals surface area contributed by atoms with Crippen molar-refractivity contribution in [3.05, 3.63) is 51.7 Å². The Hall–Kier alpha value is -3.00. The summed E-state index contributed by atoms with van der Waals surface area (Å²) in [5.74, 6) is -0.575. The predicted octanol–water partition coefficient (Wildman–Crippen LogP) is 1.48. The highest BCUT2D eigenvalue weighted by atomic mass is 16.6. The van der Waals surface area contributed by atoms with E-state index in [0.29, 0.717) is 11.1 Å². The molecule has 1 heterocycles. The van der Waals surface area contributed by atoms with Crippen molar-refractivity contribution in [1.29, 1.82) is 0 Å². The number of ether oxygens (including phenoxy) is 1. The summed E-state index contributed by atoms with van der Waals surface area (Å²) in [7, 11) is 1.25. The molecular weight excluding hydrogens is 288 g/mol. The second kappa shape index (κ2) is 6.19. The average molecular weight is 302 g/mol. The Bertz CT molecular complexity index is 746. The van der Waals surface area contributed by atoms with Crippen LogP contribution >= 0.6 is 0 Å². The first kappa shape index (κ1) is 15.4. The van der Waals surface area contributed by atoms with Crippen LogP contribution in [0, 0.1) is 10.1 Å². The fraction of sp³-hybridized carbons (Fsp3) is 0.143. The van der Waals surface area contributed by atoms with Gasteiger partial charge in [-0.2, -0.15) is 0 Å². The largest absolute Gasteiger partial charge is 0.465 e. The van der Waals surface area contributed by atoms with Crippen molar-refractivity contribution in [1.82, 2.24) is 4.98 Å². The number of pyridine rings is 1. The van der Waals surface area contributed by atoms with Gasteiger partial charge in [-0.3, -0.25) is 10.1 Å². The van der Waals surface area contributed by atoms with Gasteiger partial charge in [0.15, 0.2) is 5.69 Å². The van der Waals surface area contributed by atoms with Crippen LogP contribution in [0.3, 0.4) is 0 Å². The van der Waals surface area contributed by atoms with Gasteiger partial charge < -0.3 is 16.2 Å². The number of anilines is 1. The van der Waals surface area contributed by atoms with Crippen LogP contribution in [-0.4, -0.2) is 23.0 Å². The first-order valence-corrected chi connectivity index (χ1v) is 6.30. The monoisotopic (exact) mass is 302 g/mol. The summed E-state index contributed by atoms with van der Waals surface area (Å²) in [4.78, 5) is 26.5. The predicted molar refractivity (Wildman–Crippen MR) is 80.0 cm³/mol. The van der Waals surface area contributed by atoms with Crippen molar-refractivity contribution in [3.8, 4) is 11.3 Å². The maximum atomic E-state index is 11.8. The van der Waals surface area contributed by atoms with Gasteiger partial charge in [0.2, 0.25) is 0 Å². The Morgan fingerprint density at radius 2 is 2.14 bits per heavy atom. The summed E-state index contributed by atoms with van der Waals surface area (Å²) in [6, 6.07) is 6.06. The fourth-order valence-electron chi connectivity index (χ4n) is 2.19. The first-order chi connectivity index (χ1) is 10.5. The number of benzene rings is 1. The molecule has 22 heavy (non-hydrogen) atoms. The van der Waals surface area contributed by atoms with Crippen molar-refractivity contribution >= 4 is 17.3 Å². The lowest BCUT2D eigenvalue weighted by molar-refractivity contribution is -0.383. The Morgan fingerprint density at radius 3 is 2.73 bits per heavy atom. The van der Waals surface area contributed by atoms with E-state index in [1.54, 1.807) is 12.1 Å². The summed E-state index contributed by atoms with van der Waals surface area (Å²) >= 11 is 0. The van der Waals surface area contributed by atoms with E-state index in [0.717, 1.165) is 0 Å². The van der Waals surface area contributed by atoms with E-state index in [2.05, 4.69) is 4.98 Å². The molecule has 2 rings (SSSR count). The van der Waals surface area contributed by atoms with Gasteiger partial charge in [-0.15, -0.1) is 0 Å². The molecule has 0 spiro atoms. The number of nitro groups is 1. The number of nitrogen functional groups attached to an aromatic ring is 1. The van der Waals surface area contributed by atoms with E-state index < -0.39 is 10.9 Å². The molecule has 8 heteroatoms. The number of hydrogen-bond acceptors (Lipinski definition) is 7. The minimum absolute atomic E-state index is 0.00571. The van der Waals surface area contributed by atoms with E-state index in [1.807, 2.05) is 0 Å². The Labute approximate surface area is 125 Å². The average Bonchev–Trinajstić information content (AvgIpc) is 2.52. The molecule has 1 aromatic heterocycles. The first-order valence-electron chi connectivity index (χ1n) is 6.30. The third-order valence-electron chi connectivity index (χ3n) is 3.18. The summed E-state index contributed by atoms with van der Waals surface area (Å²) in [6.45, 7) is -0.00571. The molecule has 0 aliphatic carbocycles. The van der Waals surface area contributed by atoms with Crippen LogP contribution in [0.4, 0.5) is 11.4 Å². The number of aromatic nitrogens is 1. The molecule has 0 atom stereocenters. The summed E-state index contributed by atoms with van der Waals surface area (Å²) < 4.78 is 4.70. The summed E-state index contributed by atoms with van der Waals surface area (Å²) in [6.07, 6.45) is 1.36. The van der Waals surface area contributed by atoms with Gasteiger partial charge in [0, 0.05) is 18.3 Å². The number of esters is 1. The number of rotatable bonds is 4. The number of carbonyl (C=O) groups excluding carboxylic acids is 1. The molecule has 0 radical (unpaired) electrons. The highest BCUT2D eigenvalue weighted by Crippen LogP contribution is 2.35. The SMILES string of the molecule is COC(=O)c1cccc(-c2nccc(N)c2[N+](=O)[O-])c1CN. The van der Waals surface area contributed by atoms with Crippen molar-refractivity contribution in [2.45, 2.75) is 6.54 Å². The third-order valence-corrected chi connectivity index (χ3v) is 3.18. The molecule has 1 aromatic carbocycles. The summed E-state index contributed by atoms with van der Waals surface area (Å²) in [5, 5.41) is 11.3. The third kappa shape index (κ3) is 2.59. The van der Waals surface area contributed by atoms with Crippen molar-refractivity contribution in [3.63, 3.8) is 0 Å². The van der Waals surface area contributed by atoms with E-state index >= 15 is 0 Å². The number of carbonyl (C=O) groups is 1. The molecule has 0 bridgehead atoms. The normalized spacial score (nSPS) is 10.3. The minimum Gasteiger partial charge on any atom is -0.465 e. The Balaban J connectivity index is 2.77. The molecule has 0 saturated heterocycles. The van der Waals surface area contributed by atoms with Crippen LogP contribution in [0.15, 0.2) is 30.5 Å². The molecule has 0 fully saturated rings.